The third kappa shape index (κ3) is 7.38. The highest BCUT2D eigenvalue weighted by Gasteiger charge is 2.11. The quantitative estimate of drug-likeness (QED) is 0.255. The van der Waals surface area contributed by atoms with Crippen molar-refractivity contribution in [3.05, 3.63) is 71.3 Å². The summed E-state index contributed by atoms with van der Waals surface area (Å²) in [6, 6.07) is 15.8. The van der Waals surface area contributed by atoms with Crippen LogP contribution < -0.4 is 0 Å². The van der Waals surface area contributed by atoms with Gasteiger partial charge in [-0.25, -0.2) is 4.79 Å². The van der Waals surface area contributed by atoms with Crippen LogP contribution in [0.3, 0.4) is 0 Å². The Kier molecular flexibility index (Phi) is 9.33. The summed E-state index contributed by atoms with van der Waals surface area (Å²) in [6.45, 7) is 2.68. The van der Waals surface area contributed by atoms with Crippen LogP contribution in [0.5, 0.6) is 0 Å². The Morgan fingerprint density at radius 1 is 0.667 bits per heavy atom. The molecule has 0 unspecified atom stereocenters. The minimum atomic E-state index is -0.323. The van der Waals surface area contributed by atoms with Crippen molar-refractivity contribution in [3.8, 4) is 0 Å². The predicted octanol–water partition coefficient (Wildman–Crippen LogP) is 6.22. The third-order valence-corrected chi connectivity index (χ3v) is 4.65. The van der Waals surface area contributed by atoms with Gasteiger partial charge in [-0.15, -0.1) is 0 Å². The van der Waals surface area contributed by atoms with Crippen molar-refractivity contribution < 1.29 is 14.3 Å². The van der Waals surface area contributed by atoms with E-state index in [0.29, 0.717) is 23.3 Å². The summed E-state index contributed by atoms with van der Waals surface area (Å²) in [4.78, 5) is 24.5. The van der Waals surface area contributed by atoms with Gasteiger partial charge in [-0.2, -0.15) is 0 Å². The highest BCUT2D eigenvalue weighted by Crippen LogP contribution is 2.13. The fourth-order valence-electron chi connectivity index (χ4n) is 3.00. The minimum absolute atomic E-state index is 0.0468. The zero-order valence-electron chi connectivity index (χ0n) is 16.3. The molecule has 144 valence electrons. The Hall–Kier alpha value is -2.42. The van der Waals surface area contributed by atoms with Gasteiger partial charge in [0.1, 0.15) is 0 Å². The molecule has 2 aromatic carbocycles. The van der Waals surface area contributed by atoms with Crippen molar-refractivity contribution in [2.75, 3.05) is 6.61 Å². The fraction of sp³-hybridized carbons (Fsp3) is 0.417. The highest BCUT2D eigenvalue weighted by molar-refractivity contribution is 6.09. The number of ketones is 1. The molecule has 0 fully saturated rings. The molecule has 0 heterocycles. The monoisotopic (exact) mass is 366 g/mol. The second kappa shape index (κ2) is 12.1. The van der Waals surface area contributed by atoms with Crippen LogP contribution in [0.25, 0.3) is 0 Å². The van der Waals surface area contributed by atoms with Gasteiger partial charge in [-0.1, -0.05) is 94.3 Å². The summed E-state index contributed by atoms with van der Waals surface area (Å²) >= 11 is 0. The van der Waals surface area contributed by atoms with Crippen LogP contribution in [0.1, 0.15) is 84.6 Å². The first-order valence-corrected chi connectivity index (χ1v) is 10.1. The predicted molar refractivity (Wildman–Crippen MR) is 109 cm³/mol. The van der Waals surface area contributed by atoms with Crippen LogP contribution in [-0.2, 0) is 4.74 Å². The van der Waals surface area contributed by atoms with Gasteiger partial charge in [-0.05, 0) is 18.6 Å². The SMILES string of the molecule is CCCCCCCCCCOC(=O)c1ccc(C(=O)c2ccccc2)cc1. The lowest BCUT2D eigenvalue weighted by Gasteiger charge is -2.06. The average Bonchev–Trinajstić information content (AvgIpc) is 2.72. The van der Waals surface area contributed by atoms with E-state index in [1.54, 1.807) is 36.4 Å². The Bertz CT molecular complexity index is 689. The molecule has 0 aliphatic heterocycles. The van der Waals surface area contributed by atoms with E-state index in [1.165, 1.54) is 38.5 Å². The van der Waals surface area contributed by atoms with Crippen LogP contribution in [0, 0.1) is 0 Å². The molecular formula is C24H30O3. The van der Waals surface area contributed by atoms with Gasteiger partial charge in [0.25, 0.3) is 0 Å². The molecule has 3 heteroatoms. The second-order valence-corrected chi connectivity index (χ2v) is 6.88. The van der Waals surface area contributed by atoms with Gasteiger partial charge in [0.2, 0.25) is 0 Å². The van der Waals surface area contributed by atoms with E-state index in [2.05, 4.69) is 6.92 Å². The topological polar surface area (TPSA) is 43.4 Å². The largest absolute Gasteiger partial charge is 0.462 e. The smallest absolute Gasteiger partial charge is 0.338 e. The Morgan fingerprint density at radius 2 is 1.19 bits per heavy atom. The molecule has 0 radical (unpaired) electrons. The second-order valence-electron chi connectivity index (χ2n) is 6.88. The van der Waals surface area contributed by atoms with Gasteiger partial charge in [0.05, 0.1) is 12.2 Å². The number of hydrogen-bond donors (Lipinski definition) is 0. The zero-order valence-corrected chi connectivity index (χ0v) is 16.3. The summed E-state index contributed by atoms with van der Waals surface area (Å²) < 4.78 is 5.33. The van der Waals surface area contributed by atoms with E-state index in [9.17, 15) is 9.59 Å². The van der Waals surface area contributed by atoms with Crippen molar-refractivity contribution in [3.63, 3.8) is 0 Å². The molecule has 0 bridgehead atoms. The Labute approximate surface area is 162 Å². The molecule has 2 aromatic rings. The minimum Gasteiger partial charge on any atom is -0.462 e. The van der Waals surface area contributed by atoms with E-state index < -0.39 is 0 Å². The van der Waals surface area contributed by atoms with Crippen LogP contribution in [-0.4, -0.2) is 18.4 Å². The summed E-state index contributed by atoms with van der Waals surface area (Å²) in [5, 5.41) is 0. The first-order chi connectivity index (χ1) is 13.2. The van der Waals surface area contributed by atoms with Gasteiger partial charge in [-0.3, -0.25) is 4.79 Å². The zero-order chi connectivity index (χ0) is 19.3. The normalized spacial score (nSPS) is 10.6. The third-order valence-electron chi connectivity index (χ3n) is 4.65. The Morgan fingerprint density at radius 3 is 1.81 bits per heavy atom. The molecule has 0 aromatic heterocycles. The van der Waals surface area contributed by atoms with E-state index in [4.69, 9.17) is 4.74 Å². The maximum atomic E-state index is 12.4. The number of rotatable bonds is 12. The molecule has 0 saturated carbocycles. The van der Waals surface area contributed by atoms with Crippen LogP contribution in [0.2, 0.25) is 0 Å². The average molecular weight is 367 g/mol. The molecule has 0 aliphatic carbocycles. The summed E-state index contributed by atoms with van der Waals surface area (Å²) in [7, 11) is 0. The Balaban J connectivity index is 1.69. The fourth-order valence-corrected chi connectivity index (χ4v) is 3.00. The first-order valence-electron chi connectivity index (χ1n) is 10.1. The number of benzene rings is 2. The number of carbonyl (C=O) groups is 2. The first kappa shape index (κ1) is 20.9. The number of hydrogen-bond acceptors (Lipinski definition) is 3. The van der Waals surface area contributed by atoms with Crippen molar-refractivity contribution >= 4 is 11.8 Å². The highest BCUT2D eigenvalue weighted by atomic mass is 16.5. The molecule has 0 amide bonds. The maximum absolute atomic E-state index is 12.4. The van der Waals surface area contributed by atoms with Crippen molar-refractivity contribution in [2.24, 2.45) is 0 Å². The van der Waals surface area contributed by atoms with Crippen molar-refractivity contribution in [1.29, 1.82) is 0 Å². The van der Waals surface area contributed by atoms with Crippen LogP contribution >= 0.6 is 0 Å². The standard InChI is InChI=1S/C24H30O3/c1-2-3-4-5-6-7-8-12-19-27-24(26)22-17-15-21(16-18-22)23(25)20-13-10-9-11-14-20/h9-11,13-18H,2-8,12,19H2,1H3. The van der Waals surface area contributed by atoms with Gasteiger partial charge < -0.3 is 4.74 Å². The van der Waals surface area contributed by atoms with Gasteiger partial charge in [0, 0.05) is 11.1 Å². The molecule has 27 heavy (non-hydrogen) atoms. The molecule has 0 aliphatic rings. The summed E-state index contributed by atoms with van der Waals surface area (Å²) in [6.07, 6.45) is 9.72. The summed E-state index contributed by atoms with van der Waals surface area (Å²) in [5.74, 6) is -0.369. The lowest BCUT2D eigenvalue weighted by molar-refractivity contribution is 0.0497. The molecule has 3 nitrogen and oxygen atoms in total. The number of esters is 1. The van der Waals surface area contributed by atoms with E-state index >= 15 is 0 Å². The van der Waals surface area contributed by atoms with Crippen LogP contribution in [0.15, 0.2) is 54.6 Å². The molecule has 0 saturated heterocycles. The summed E-state index contributed by atoms with van der Waals surface area (Å²) in [5.41, 5.74) is 1.70. The van der Waals surface area contributed by atoms with E-state index in [0.717, 1.165) is 12.8 Å². The molecule has 0 atom stereocenters. The molecular weight excluding hydrogens is 336 g/mol. The lowest BCUT2D eigenvalue weighted by Crippen LogP contribution is -2.07. The van der Waals surface area contributed by atoms with E-state index in [-0.39, 0.29) is 11.8 Å². The molecule has 0 spiro atoms. The van der Waals surface area contributed by atoms with Gasteiger partial charge in [0.15, 0.2) is 5.78 Å². The van der Waals surface area contributed by atoms with Crippen LogP contribution in [0.4, 0.5) is 0 Å². The lowest BCUT2D eigenvalue weighted by atomic mass is 10.0. The van der Waals surface area contributed by atoms with Crippen molar-refractivity contribution in [1.82, 2.24) is 0 Å². The number of ether oxygens (including phenoxy) is 1. The van der Waals surface area contributed by atoms with Gasteiger partial charge >= 0.3 is 5.97 Å². The van der Waals surface area contributed by atoms with Crippen molar-refractivity contribution in [2.45, 2.75) is 58.3 Å². The molecule has 0 N–H and O–H groups in total. The molecule has 2 rings (SSSR count). The number of unbranched alkanes of at least 4 members (excludes halogenated alkanes) is 7. The van der Waals surface area contributed by atoms with E-state index in [1.807, 2.05) is 18.2 Å². The number of carbonyl (C=O) groups excluding carboxylic acids is 2. The maximum Gasteiger partial charge on any atom is 0.338 e.